The number of benzene rings is 1. The Bertz CT molecular complexity index is 910. The van der Waals surface area contributed by atoms with Crippen molar-refractivity contribution in [2.45, 2.75) is 24.9 Å². The van der Waals surface area contributed by atoms with Gasteiger partial charge in [0.15, 0.2) is 0 Å². The number of nitrogens with zero attached hydrogens (tertiary/aromatic N) is 3. The fraction of sp³-hybridized carbons (Fsp3) is 0.235. The maximum atomic E-state index is 11.6. The number of H-pyrrole nitrogens is 1. The number of fused-ring (bicyclic) bond motifs is 1. The maximum absolute atomic E-state index is 11.6. The zero-order chi connectivity index (χ0) is 17.1. The fourth-order valence-electron chi connectivity index (χ4n) is 2.53. The fourth-order valence-corrected chi connectivity index (χ4v) is 3.25. The smallest absolute Gasteiger partial charge is 0.342 e. The first-order chi connectivity index (χ1) is 11.6. The number of carboxylic acid groups (broad SMARTS) is 1. The largest absolute Gasteiger partial charge is 0.477 e. The van der Waals surface area contributed by atoms with Crippen molar-refractivity contribution in [3.63, 3.8) is 0 Å². The zero-order valence-electron chi connectivity index (χ0n) is 13.5. The predicted octanol–water partition coefficient (Wildman–Crippen LogP) is 3.47. The Morgan fingerprint density at radius 3 is 2.96 bits per heavy atom. The van der Waals surface area contributed by atoms with Crippen LogP contribution in [0.4, 0.5) is 0 Å². The molecule has 0 amide bonds. The summed E-state index contributed by atoms with van der Waals surface area (Å²) in [6.45, 7) is 2.05. The number of carboxylic acids is 1. The minimum atomic E-state index is -0.991. The molecule has 2 heterocycles. The standard InChI is InChI=1S/C17H18N4O2S/c1-3-6-15-18-17(20-19-15)24-14(16(22)23)9-11-10-21(2)13-8-5-4-7-12(11)13/h4-5,7-10H,3,6H2,1-2H3,(H,22,23)(H,18,19,20)/b14-9-. The second-order valence-corrected chi connectivity index (χ2v) is 6.45. The van der Waals surface area contributed by atoms with Crippen LogP contribution < -0.4 is 0 Å². The van der Waals surface area contributed by atoms with Gasteiger partial charge in [0, 0.05) is 36.1 Å². The number of aryl methyl sites for hydroxylation is 2. The molecule has 0 radical (unpaired) electrons. The summed E-state index contributed by atoms with van der Waals surface area (Å²) in [5.41, 5.74) is 1.92. The minimum Gasteiger partial charge on any atom is -0.477 e. The number of aromatic nitrogens is 4. The highest BCUT2D eigenvalue weighted by Gasteiger charge is 2.15. The highest BCUT2D eigenvalue weighted by atomic mass is 32.2. The van der Waals surface area contributed by atoms with Crippen LogP contribution >= 0.6 is 11.8 Å². The number of nitrogens with one attached hydrogen (secondary N) is 1. The summed E-state index contributed by atoms with van der Waals surface area (Å²) in [4.78, 5) is 16.1. The van der Waals surface area contributed by atoms with Crippen LogP contribution in [0.2, 0.25) is 0 Å². The number of thioether (sulfide) groups is 1. The van der Waals surface area contributed by atoms with E-state index in [1.807, 2.05) is 42.1 Å². The summed E-state index contributed by atoms with van der Waals surface area (Å²) in [7, 11) is 1.94. The van der Waals surface area contributed by atoms with Gasteiger partial charge in [0.05, 0.1) is 0 Å². The quantitative estimate of drug-likeness (QED) is 0.529. The van der Waals surface area contributed by atoms with Crippen LogP contribution in [0.15, 0.2) is 40.5 Å². The summed E-state index contributed by atoms with van der Waals surface area (Å²) in [6, 6.07) is 7.90. The number of rotatable bonds is 6. The number of hydrogen-bond acceptors (Lipinski definition) is 4. The lowest BCUT2D eigenvalue weighted by atomic mass is 10.1. The van der Waals surface area contributed by atoms with E-state index in [0.29, 0.717) is 5.16 Å². The molecule has 0 saturated heterocycles. The Labute approximate surface area is 143 Å². The molecule has 1 aromatic carbocycles. The molecule has 2 aromatic heterocycles. The molecule has 0 aliphatic carbocycles. The van der Waals surface area contributed by atoms with Crippen molar-refractivity contribution in [3.8, 4) is 0 Å². The first-order valence-electron chi connectivity index (χ1n) is 7.66. The molecular formula is C17H18N4O2S. The van der Waals surface area contributed by atoms with Crippen LogP contribution in [0, 0.1) is 0 Å². The average Bonchev–Trinajstić information content (AvgIpc) is 3.13. The molecule has 0 fully saturated rings. The third kappa shape index (κ3) is 3.35. The number of carbonyl (C=O) groups is 1. The van der Waals surface area contributed by atoms with Crippen molar-refractivity contribution in [3.05, 3.63) is 46.8 Å². The van der Waals surface area contributed by atoms with Gasteiger partial charge in [0.2, 0.25) is 5.16 Å². The van der Waals surface area contributed by atoms with E-state index in [9.17, 15) is 9.90 Å². The van der Waals surface area contributed by atoms with E-state index in [1.54, 1.807) is 6.08 Å². The summed E-state index contributed by atoms with van der Waals surface area (Å²) in [5, 5.41) is 17.9. The molecule has 0 aliphatic rings. The highest BCUT2D eigenvalue weighted by molar-refractivity contribution is 8.04. The Hall–Kier alpha value is -2.54. The molecule has 0 aliphatic heterocycles. The average molecular weight is 342 g/mol. The van der Waals surface area contributed by atoms with Crippen LogP contribution in [0.1, 0.15) is 24.7 Å². The molecule has 24 heavy (non-hydrogen) atoms. The monoisotopic (exact) mass is 342 g/mol. The van der Waals surface area contributed by atoms with Crippen LogP contribution in [0.25, 0.3) is 17.0 Å². The molecule has 3 rings (SSSR count). The lowest BCUT2D eigenvalue weighted by molar-refractivity contribution is -0.131. The van der Waals surface area contributed by atoms with Gasteiger partial charge in [0.25, 0.3) is 0 Å². The zero-order valence-corrected chi connectivity index (χ0v) is 14.3. The summed E-state index contributed by atoms with van der Waals surface area (Å²) >= 11 is 1.05. The Morgan fingerprint density at radius 2 is 2.21 bits per heavy atom. The molecule has 2 N–H and O–H groups in total. The first-order valence-corrected chi connectivity index (χ1v) is 8.48. The van der Waals surface area contributed by atoms with Gasteiger partial charge in [-0.15, -0.1) is 5.10 Å². The van der Waals surface area contributed by atoms with E-state index < -0.39 is 5.97 Å². The molecule has 0 saturated carbocycles. The van der Waals surface area contributed by atoms with Gasteiger partial charge in [-0.3, -0.25) is 5.10 Å². The lowest BCUT2D eigenvalue weighted by Gasteiger charge is -1.98. The molecule has 7 heteroatoms. The Morgan fingerprint density at radius 1 is 1.42 bits per heavy atom. The lowest BCUT2D eigenvalue weighted by Crippen LogP contribution is -1.97. The molecular weight excluding hydrogens is 324 g/mol. The van der Waals surface area contributed by atoms with Crippen LogP contribution in [-0.4, -0.2) is 30.8 Å². The van der Waals surface area contributed by atoms with Gasteiger partial charge >= 0.3 is 5.97 Å². The third-order valence-electron chi connectivity index (χ3n) is 3.62. The van der Waals surface area contributed by atoms with Gasteiger partial charge in [-0.2, -0.15) is 0 Å². The molecule has 0 bridgehead atoms. The van der Waals surface area contributed by atoms with E-state index in [0.717, 1.165) is 46.9 Å². The number of hydrogen-bond donors (Lipinski definition) is 2. The number of aromatic amines is 1. The highest BCUT2D eigenvalue weighted by Crippen LogP contribution is 2.29. The molecule has 0 unspecified atom stereocenters. The van der Waals surface area contributed by atoms with Crippen molar-refractivity contribution in [2.24, 2.45) is 7.05 Å². The Kier molecular flexibility index (Phi) is 4.71. The van der Waals surface area contributed by atoms with Crippen molar-refractivity contribution in [1.82, 2.24) is 19.7 Å². The van der Waals surface area contributed by atoms with Crippen LogP contribution in [0.5, 0.6) is 0 Å². The van der Waals surface area contributed by atoms with Crippen molar-refractivity contribution in [2.75, 3.05) is 0 Å². The Balaban J connectivity index is 1.94. The minimum absolute atomic E-state index is 0.188. The van der Waals surface area contributed by atoms with Gasteiger partial charge in [-0.25, -0.2) is 9.78 Å². The van der Waals surface area contributed by atoms with E-state index >= 15 is 0 Å². The van der Waals surface area contributed by atoms with E-state index in [1.165, 1.54) is 0 Å². The predicted molar refractivity (Wildman–Crippen MR) is 94.8 cm³/mol. The van der Waals surface area contributed by atoms with Gasteiger partial charge in [-0.1, -0.05) is 25.1 Å². The van der Waals surface area contributed by atoms with Crippen LogP contribution in [-0.2, 0) is 18.3 Å². The van der Waals surface area contributed by atoms with Crippen molar-refractivity contribution in [1.29, 1.82) is 0 Å². The van der Waals surface area contributed by atoms with Crippen molar-refractivity contribution >= 4 is 34.7 Å². The molecule has 6 nitrogen and oxygen atoms in total. The summed E-state index contributed by atoms with van der Waals surface area (Å²) in [5.74, 6) is -0.218. The second kappa shape index (κ2) is 6.92. The second-order valence-electron chi connectivity index (χ2n) is 5.44. The number of aliphatic carboxylic acids is 1. The molecule has 124 valence electrons. The molecule has 0 spiro atoms. The first kappa shape index (κ1) is 16.3. The van der Waals surface area contributed by atoms with E-state index in [2.05, 4.69) is 22.1 Å². The number of para-hydroxylation sites is 1. The third-order valence-corrected chi connectivity index (χ3v) is 4.50. The summed E-state index contributed by atoms with van der Waals surface area (Å²) in [6.07, 6.45) is 5.35. The van der Waals surface area contributed by atoms with E-state index in [-0.39, 0.29) is 4.91 Å². The van der Waals surface area contributed by atoms with Gasteiger partial charge in [-0.05, 0) is 30.3 Å². The SMILES string of the molecule is CCCc1nc(S/C(=C\c2cn(C)c3ccccc23)C(=O)O)n[nH]1. The van der Waals surface area contributed by atoms with E-state index in [4.69, 9.17) is 0 Å². The van der Waals surface area contributed by atoms with Crippen LogP contribution in [0.3, 0.4) is 0 Å². The normalized spacial score (nSPS) is 12.0. The topological polar surface area (TPSA) is 83.8 Å². The maximum Gasteiger partial charge on any atom is 0.342 e. The summed E-state index contributed by atoms with van der Waals surface area (Å²) < 4.78 is 1.98. The molecule has 0 atom stereocenters. The molecule has 3 aromatic rings. The van der Waals surface area contributed by atoms with Crippen molar-refractivity contribution < 1.29 is 9.90 Å². The van der Waals surface area contributed by atoms with Gasteiger partial charge in [0.1, 0.15) is 10.7 Å². The van der Waals surface area contributed by atoms with Gasteiger partial charge < -0.3 is 9.67 Å².